The van der Waals surface area contributed by atoms with Crippen LogP contribution in [0, 0.1) is 11.3 Å². The van der Waals surface area contributed by atoms with Gasteiger partial charge in [-0.1, -0.05) is 63.2 Å². The number of hydrogen-bond donors (Lipinski definition) is 4. The van der Waals surface area contributed by atoms with Crippen LogP contribution in [0.15, 0.2) is 79.6 Å². The van der Waals surface area contributed by atoms with Crippen LogP contribution in [0.3, 0.4) is 0 Å². The number of nitrogens with one attached hydrogen (secondary N) is 3. The van der Waals surface area contributed by atoms with Crippen molar-refractivity contribution in [1.29, 1.82) is 0 Å². The van der Waals surface area contributed by atoms with Gasteiger partial charge in [0.25, 0.3) is 0 Å². The molecule has 2 aromatic carbocycles. The Labute approximate surface area is 244 Å². The van der Waals surface area contributed by atoms with E-state index < -0.39 is 23.4 Å². The van der Waals surface area contributed by atoms with Crippen LogP contribution in [0.4, 0.5) is 0 Å². The summed E-state index contributed by atoms with van der Waals surface area (Å²) in [7, 11) is 0. The van der Waals surface area contributed by atoms with Gasteiger partial charge in [-0.2, -0.15) is 0 Å². The van der Waals surface area contributed by atoms with E-state index in [9.17, 15) is 14.8 Å². The maximum absolute atomic E-state index is 13.5. The number of carbonyl (C=O) groups excluding carboxylic acids is 2. The lowest BCUT2D eigenvalue weighted by atomic mass is 9.68. The maximum Gasteiger partial charge on any atom is 0.247 e. The summed E-state index contributed by atoms with van der Waals surface area (Å²) in [6.45, 7) is 5.89. The van der Waals surface area contributed by atoms with E-state index >= 15 is 0 Å². The topological polar surface area (TPSA) is 138 Å². The third-order valence-corrected chi connectivity index (χ3v) is 8.23. The molecule has 10 nitrogen and oxygen atoms in total. The van der Waals surface area contributed by atoms with Gasteiger partial charge in [-0.15, -0.1) is 0 Å². The molecule has 3 atom stereocenters. The highest BCUT2D eigenvalue weighted by Gasteiger charge is 2.42. The van der Waals surface area contributed by atoms with Crippen LogP contribution in [-0.4, -0.2) is 41.5 Å². The highest BCUT2D eigenvalue weighted by Crippen LogP contribution is 2.42. The first-order chi connectivity index (χ1) is 20.3. The van der Waals surface area contributed by atoms with Gasteiger partial charge in [0.2, 0.25) is 11.8 Å². The van der Waals surface area contributed by atoms with E-state index in [0.717, 1.165) is 27.4 Å². The van der Waals surface area contributed by atoms with Crippen LogP contribution in [-0.2, 0) is 16.0 Å². The van der Waals surface area contributed by atoms with E-state index in [2.05, 4.69) is 55.6 Å². The molecule has 3 heterocycles. The Morgan fingerprint density at radius 2 is 1.88 bits per heavy atom. The SMILES string of the molecule is CC[C@H](c1ncc[nH]1)[C@H](C(=O)NO)C(C)(C)CCC(=O)N[C@H](Cc1ccc2ccccc2c1)n1cnc2cnccc21. The van der Waals surface area contributed by atoms with E-state index in [-0.39, 0.29) is 18.2 Å². The summed E-state index contributed by atoms with van der Waals surface area (Å²) in [6.07, 6.45) is 9.94. The molecule has 0 saturated heterocycles. The third-order valence-electron chi connectivity index (χ3n) is 8.23. The van der Waals surface area contributed by atoms with E-state index in [1.807, 2.05) is 49.0 Å². The summed E-state index contributed by atoms with van der Waals surface area (Å²) in [5.41, 5.74) is 3.93. The molecular weight excluding hydrogens is 530 g/mol. The van der Waals surface area contributed by atoms with Crippen molar-refractivity contribution in [2.75, 3.05) is 0 Å². The van der Waals surface area contributed by atoms with Crippen molar-refractivity contribution >= 4 is 33.6 Å². The summed E-state index contributed by atoms with van der Waals surface area (Å²) < 4.78 is 1.97. The normalized spacial score (nSPS) is 14.0. The van der Waals surface area contributed by atoms with Crippen molar-refractivity contribution in [2.45, 2.75) is 58.5 Å². The van der Waals surface area contributed by atoms with Crippen molar-refractivity contribution in [1.82, 2.24) is 35.3 Å². The molecule has 42 heavy (non-hydrogen) atoms. The number of H-pyrrole nitrogens is 1. The molecule has 5 rings (SSSR count). The van der Waals surface area contributed by atoms with Crippen molar-refractivity contribution < 1.29 is 14.8 Å². The number of rotatable bonds is 12. The Hall–Kier alpha value is -4.57. The third kappa shape index (κ3) is 6.18. The Morgan fingerprint density at radius 1 is 1.07 bits per heavy atom. The molecule has 0 saturated carbocycles. The predicted molar refractivity (Wildman–Crippen MR) is 160 cm³/mol. The molecule has 4 N–H and O–H groups in total. The first-order valence-corrected chi connectivity index (χ1v) is 14.3. The van der Waals surface area contributed by atoms with E-state index in [1.54, 1.807) is 31.1 Å². The van der Waals surface area contributed by atoms with Gasteiger partial charge in [0.15, 0.2) is 0 Å². The number of fused-ring (bicyclic) bond motifs is 2. The fourth-order valence-corrected chi connectivity index (χ4v) is 6.01. The molecular formula is C32H37N7O3. The van der Waals surface area contributed by atoms with E-state index in [0.29, 0.717) is 25.1 Å². The summed E-state index contributed by atoms with van der Waals surface area (Å²) in [6, 6.07) is 16.4. The number of hydroxylamine groups is 1. The quantitative estimate of drug-likeness (QED) is 0.119. The number of hydrogen-bond acceptors (Lipinski definition) is 6. The number of carbonyl (C=O) groups is 2. The molecule has 0 fully saturated rings. The van der Waals surface area contributed by atoms with Crippen LogP contribution >= 0.6 is 0 Å². The number of pyridine rings is 1. The lowest BCUT2D eigenvalue weighted by Gasteiger charge is -2.37. The molecule has 0 spiro atoms. The maximum atomic E-state index is 13.5. The zero-order valence-electron chi connectivity index (χ0n) is 24.1. The van der Waals surface area contributed by atoms with Crippen LogP contribution in [0.5, 0.6) is 0 Å². The largest absolute Gasteiger partial charge is 0.348 e. The summed E-state index contributed by atoms with van der Waals surface area (Å²) in [4.78, 5) is 42.6. The Balaban J connectivity index is 1.37. The zero-order valence-corrected chi connectivity index (χ0v) is 24.1. The summed E-state index contributed by atoms with van der Waals surface area (Å²) in [5.74, 6) is -0.808. The number of aromatic amines is 1. The van der Waals surface area contributed by atoms with Gasteiger partial charge in [-0.05, 0) is 40.7 Å². The van der Waals surface area contributed by atoms with Crippen molar-refractivity contribution in [2.24, 2.45) is 11.3 Å². The molecule has 218 valence electrons. The van der Waals surface area contributed by atoms with Gasteiger partial charge in [-0.3, -0.25) is 19.8 Å². The average molecular weight is 568 g/mol. The number of aromatic nitrogens is 5. The first-order valence-electron chi connectivity index (χ1n) is 14.3. The summed E-state index contributed by atoms with van der Waals surface area (Å²) in [5, 5.41) is 15.1. The standard InChI is InChI=1S/C32H37N7O3/c1-4-24(30-34-15-16-35-30)29(31(41)38-42)32(2,3)13-11-28(40)37-27(39-20-36-25-19-33-14-12-26(25)39)18-21-9-10-22-7-5-6-8-23(22)17-21/h5-10,12,14-17,19-20,24,27,29,42H,4,11,13,18H2,1-3H3,(H,34,35)(H,37,40)(H,38,41)/t24-,27-,29+/m0/s1. The average Bonchev–Trinajstić information content (AvgIpc) is 3.69. The Bertz CT molecular complexity index is 1660. The molecule has 3 aromatic heterocycles. The molecule has 5 aromatic rings. The molecule has 0 unspecified atom stereocenters. The minimum Gasteiger partial charge on any atom is -0.348 e. The second-order valence-corrected chi connectivity index (χ2v) is 11.4. The number of nitrogens with zero attached hydrogens (tertiary/aromatic N) is 4. The lowest BCUT2D eigenvalue weighted by molar-refractivity contribution is -0.139. The fraction of sp³-hybridized carbons (Fsp3) is 0.344. The Morgan fingerprint density at radius 3 is 2.62 bits per heavy atom. The van der Waals surface area contributed by atoms with Gasteiger partial charge in [0.05, 0.1) is 24.0 Å². The van der Waals surface area contributed by atoms with Crippen LogP contribution in [0.2, 0.25) is 0 Å². The van der Waals surface area contributed by atoms with Crippen LogP contribution in [0.25, 0.3) is 21.8 Å². The molecule has 0 aliphatic rings. The predicted octanol–water partition coefficient (Wildman–Crippen LogP) is 5.29. The van der Waals surface area contributed by atoms with Crippen molar-refractivity contribution in [3.8, 4) is 0 Å². The molecule has 10 heteroatoms. The number of imidazole rings is 2. The molecule has 2 amide bonds. The number of amides is 2. The van der Waals surface area contributed by atoms with E-state index in [1.165, 1.54) is 0 Å². The van der Waals surface area contributed by atoms with Crippen LogP contribution < -0.4 is 10.8 Å². The van der Waals surface area contributed by atoms with Crippen LogP contribution in [0.1, 0.15) is 63.5 Å². The lowest BCUT2D eigenvalue weighted by Crippen LogP contribution is -2.42. The monoisotopic (exact) mass is 567 g/mol. The van der Waals surface area contributed by atoms with Gasteiger partial charge < -0.3 is 14.9 Å². The second kappa shape index (κ2) is 12.5. The van der Waals surface area contributed by atoms with Gasteiger partial charge in [0, 0.05) is 37.4 Å². The van der Waals surface area contributed by atoms with Crippen molar-refractivity contribution in [3.63, 3.8) is 0 Å². The second-order valence-electron chi connectivity index (χ2n) is 11.4. The smallest absolute Gasteiger partial charge is 0.247 e. The minimum atomic E-state index is -0.626. The zero-order chi connectivity index (χ0) is 29.7. The van der Waals surface area contributed by atoms with Crippen molar-refractivity contribution in [3.05, 3.63) is 91.0 Å². The minimum absolute atomic E-state index is 0.140. The van der Waals surface area contributed by atoms with Gasteiger partial charge >= 0.3 is 0 Å². The molecule has 0 radical (unpaired) electrons. The molecule has 0 bridgehead atoms. The summed E-state index contributed by atoms with van der Waals surface area (Å²) >= 11 is 0. The van der Waals surface area contributed by atoms with Gasteiger partial charge in [0.1, 0.15) is 17.5 Å². The molecule has 0 aliphatic heterocycles. The first kappa shape index (κ1) is 28.9. The highest BCUT2D eigenvalue weighted by molar-refractivity contribution is 5.83. The molecule has 0 aliphatic carbocycles. The Kier molecular flexibility index (Phi) is 8.63. The van der Waals surface area contributed by atoms with E-state index in [4.69, 9.17) is 0 Å². The van der Waals surface area contributed by atoms with Gasteiger partial charge in [-0.25, -0.2) is 15.4 Å². The highest BCUT2D eigenvalue weighted by atomic mass is 16.5. The number of benzene rings is 2. The fourth-order valence-electron chi connectivity index (χ4n) is 6.01.